The van der Waals surface area contributed by atoms with E-state index >= 15 is 0 Å². The molecule has 5 heteroatoms. The number of benzene rings is 2. The number of carbonyl (C=O) groups excluding carboxylic acids is 1. The third kappa shape index (κ3) is 3.71. The highest BCUT2D eigenvalue weighted by atomic mass is 16.5. The molecule has 1 heterocycles. The molecule has 128 valence electrons. The molecule has 1 aromatic heterocycles. The van der Waals surface area contributed by atoms with Gasteiger partial charge in [-0.2, -0.15) is 5.10 Å². The second-order valence-corrected chi connectivity index (χ2v) is 5.88. The number of ether oxygens (including phenoxy) is 1. The molecule has 1 amide bonds. The number of nitrogens with one attached hydrogen (secondary N) is 1. The summed E-state index contributed by atoms with van der Waals surface area (Å²) in [5.74, 6) is 0.685. The van der Waals surface area contributed by atoms with Crippen molar-refractivity contribution in [2.75, 3.05) is 12.4 Å². The molecule has 2 aromatic carbocycles. The molecule has 3 rings (SSSR count). The van der Waals surface area contributed by atoms with Gasteiger partial charge in [0.25, 0.3) is 5.91 Å². The van der Waals surface area contributed by atoms with Crippen molar-refractivity contribution in [3.8, 4) is 5.75 Å². The van der Waals surface area contributed by atoms with Gasteiger partial charge < -0.3 is 10.1 Å². The van der Waals surface area contributed by atoms with Crippen LogP contribution in [0.4, 0.5) is 5.69 Å². The lowest BCUT2D eigenvalue weighted by Crippen LogP contribution is -2.13. The van der Waals surface area contributed by atoms with E-state index < -0.39 is 0 Å². The van der Waals surface area contributed by atoms with Gasteiger partial charge in [-0.25, -0.2) is 0 Å². The Morgan fingerprint density at radius 1 is 1.12 bits per heavy atom. The topological polar surface area (TPSA) is 56.1 Å². The Hall–Kier alpha value is -3.08. The summed E-state index contributed by atoms with van der Waals surface area (Å²) in [7, 11) is 1.65. The predicted molar refractivity (Wildman–Crippen MR) is 98.2 cm³/mol. The standard InChI is InChI=1S/C20H21N3O2/c1-14-19(21-20(24)17-9-5-4-6-10-17)15(2)23(22-14)13-16-8-7-11-18(12-16)25-3/h4-12H,13H2,1-3H3,(H,21,24). The third-order valence-corrected chi connectivity index (χ3v) is 4.12. The summed E-state index contributed by atoms with van der Waals surface area (Å²) in [6, 6.07) is 17.1. The smallest absolute Gasteiger partial charge is 0.255 e. The first-order valence-corrected chi connectivity index (χ1v) is 8.12. The minimum atomic E-state index is -0.132. The fourth-order valence-electron chi connectivity index (χ4n) is 2.75. The SMILES string of the molecule is COc1cccc(Cn2nc(C)c(NC(=O)c3ccccc3)c2C)c1. The molecule has 0 saturated carbocycles. The Labute approximate surface area is 147 Å². The summed E-state index contributed by atoms with van der Waals surface area (Å²) in [6.07, 6.45) is 0. The summed E-state index contributed by atoms with van der Waals surface area (Å²) in [5, 5.41) is 7.55. The summed E-state index contributed by atoms with van der Waals surface area (Å²) >= 11 is 0. The van der Waals surface area contributed by atoms with Crippen LogP contribution in [0.25, 0.3) is 0 Å². The van der Waals surface area contributed by atoms with E-state index in [1.165, 1.54) is 0 Å². The van der Waals surface area contributed by atoms with Crippen molar-refractivity contribution >= 4 is 11.6 Å². The molecule has 0 unspecified atom stereocenters. The number of anilines is 1. The van der Waals surface area contributed by atoms with E-state index in [0.29, 0.717) is 12.1 Å². The Balaban J connectivity index is 1.82. The van der Waals surface area contributed by atoms with Crippen LogP contribution in [-0.2, 0) is 6.54 Å². The van der Waals surface area contributed by atoms with Crippen LogP contribution in [0, 0.1) is 13.8 Å². The number of methoxy groups -OCH3 is 1. The Morgan fingerprint density at radius 3 is 2.60 bits per heavy atom. The maximum Gasteiger partial charge on any atom is 0.255 e. The summed E-state index contributed by atoms with van der Waals surface area (Å²) in [5.41, 5.74) is 4.19. The molecular weight excluding hydrogens is 314 g/mol. The minimum Gasteiger partial charge on any atom is -0.497 e. The largest absolute Gasteiger partial charge is 0.497 e. The normalized spacial score (nSPS) is 10.5. The molecule has 25 heavy (non-hydrogen) atoms. The molecule has 0 aliphatic rings. The van der Waals surface area contributed by atoms with Crippen LogP contribution in [0.15, 0.2) is 54.6 Å². The van der Waals surface area contributed by atoms with Crippen LogP contribution in [0.5, 0.6) is 5.75 Å². The molecule has 0 fully saturated rings. The van der Waals surface area contributed by atoms with E-state index in [-0.39, 0.29) is 5.91 Å². The van der Waals surface area contributed by atoms with Crippen molar-refractivity contribution in [2.24, 2.45) is 0 Å². The van der Waals surface area contributed by atoms with Gasteiger partial charge in [0.15, 0.2) is 0 Å². The number of amides is 1. The first-order chi connectivity index (χ1) is 12.1. The number of hydrogen-bond donors (Lipinski definition) is 1. The monoisotopic (exact) mass is 335 g/mol. The summed E-state index contributed by atoms with van der Waals surface area (Å²) in [6.45, 7) is 4.47. The van der Waals surface area contributed by atoms with E-state index in [1.54, 1.807) is 19.2 Å². The second-order valence-electron chi connectivity index (χ2n) is 5.88. The van der Waals surface area contributed by atoms with Crippen molar-refractivity contribution in [1.82, 2.24) is 9.78 Å². The fourth-order valence-corrected chi connectivity index (χ4v) is 2.75. The molecule has 0 radical (unpaired) electrons. The minimum absolute atomic E-state index is 0.132. The molecule has 0 aliphatic heterocycles. The van der Waals surface area contributed by atoms with Crippen molar-refractivity contribution in [3.63, 3.8) is 0 Å². The van der Waals surface area contributed by atoms with Crippen molar-refractivity contribution < 1.29 is 9.53 Å². The molecule has 1 N–H and O–H groups in total. The van der Waals surface area contributed by atoms with E-state index in [4.69, 9.17) is 4.74 Å². The average Bonchev–Trinajstić information content (AvgIpc) is 2.90. The van der Waals surface area contributed by atoms with Crippen molar-refractivity contribution in [3.05, 3.63) is 77.1 Å². The lowest BCUT2D eigenvalue weighted by molar-refractivity contribution is 0.102. The zero-order chi connectivity index (χ0) is 17.8. The first-order valence-electron chi connectivity index (χ1n) is 8.12. The number of rotatable bonds is 5. The zero-order valence-corrected chi connectivity index (χ0v) is 14.6. The molecule has 0 atom stereocenters. The highest BCUT2D eigenvalue weighted by molar-refractivity contribution is 6.04. The maximum absolute atomic E-state index is 12.4. The van der Waals surface area contributed by atoms with Gasteiger partial charge in [-0.15, -0.1) is 0 Å². The third-order valence-electron chi connectivity index (χ3n) is 4.12. The van der Waals surface area contributed by atoms with Crippen LogP contribution in [0.2, 0.25) is 0 Å². The molecular formula is C20H21N3O2. The van der Waals surface area contributed by atoms with Gasteiger partial charge in [0.2, 0.25) is 0 Å². The lowest BCUT2D eigenvalue weighted by atomic mass is 10.2. The Kier molecular flexibility index (Phi) is 4.84. The van der Waals surface area contributed by atoms with Crippen molar-refractivity contribution in [1.29, 1.82) is 0 Å². The summed E-state index contributed by atoms with van der Waals surface area (Å²) < 4.78 is 7.16. The average molecular weight is 335 g/mol. The quantitative estimate of drug-likeness (QED) is 0.771. The van der Waals surface area contributed by atoms with E-state index in [2.05, 4.69) is 10.4 Å². The van der Waals surface area contributed by atoms with E-state index in [0.717, 1.165) is 28.4 Å². The van der Waals surface area contributed by atoms with Gasteiger partial charge in [0.05, 0.1) is 30.7 Å². The van der Waals surface area contributed by atoms with Crippen LogP contribution < -0.4 is 10.1 Å². The highest BCUT2D eigenvalue weighted by Crippen LogP contribution is 2.22. The lowest BCUT2D eigenvalue weighted by Gasteiger charge is -2.08. The van der Waals surface area contributed by atoms with Gasteiger partial charge in [0, 0.05) is 5.56 Å². The molecule has 0 aliphatic carbocycles. The van der Waals surface area contributed by atoms with Crippen LogP contribution >= 0.6 is 0 Å². The van der Waals surface area contributed by atoms with Crippen LogP contribution in [0.3, 0.4) is 0 Å². The molecule has 5 nitrogen and oxygen atoms in total. The molecule has 3 aromatic rings. The van der Waals surface area contributed by atoms with Crippen molar-refractivity contribution in [2.45, 2.75) is 20.4 Å². The van der Waals surface area contributed by atoms with Gasteiger partial charge in [-0.1, -0.05) is 30.3 Å². The van der Waals surface area contributed by atoms with Gasteiger partial charge in [-0.05, 0) is 43.7 Å². The first kappa shape index (κ1) is 16.8. The van der Waals surface area contributed by atoms with Crippen LogP contribution in [0.1, 0.15) is 27.3 Å². The fraction of sp³-hybridized carbons (Fsp3) is 0.200. The molecule has 0 spiro atoms. The second kappa shape index (κ2) is 7.21. The highest BCUT2D eigenvalue weighted by Gasteiger charge is 2.15. The van der Waals surface area contributed by atoms with Gasteiger partial charge in [0.1, 0.15) is 5.75 Å². The number of nitrogens with zero attached hydrogens (tertiary/aromatic N) is 2. The predicted octanol–water partition coefficient (Wildman–Crippen LogP) is 3.81. The zero-order valence-electron chi connectivity index (χ0n) is 14.6. The van der Waals surface area contributed by atoms with Gasteiger partial charge in [-0.3, -0.25) is 9.48 Å². The Bertz CT molecular complexity index is 885. The van der Waals surface area contributed by atoms with E-state index in [9.17, 15) is 4.79 Å². The van der Waals surface area contributed by atoms with Crippen LogP contribution in [-0.4, -0.2) is 22.8 Å². The number of carbonyl (C=O) groups is 1. The number of hydrogen-bond acceptors (Lipinski definition) is 3. The maximum atomic E-state index is 12.4. The number of aromatic nitrogens is 2. The number of aryl methyl sites for hydroxylation is 1. The molecule has 0 saturated heterocycles. The van der Waals surface area contributed by atoms with Gasteiger partial charge >= 0.3 is 0 Å². The Morgan fingerprint density at radius 2 is 1.88 bits per heavy atom. The summed E-state index contributed by atoms with van der Waals surface area (Å²) in [4.78, 5) is 12.4. The molecule has 0 bridgehead atoms. The van der Waals surface area contributed by atoms with E-state index in [1.807, 2.05) is 61.0 Å².